The lowest BCUT2D eigenvalue weighted by Gasteiger charge is -2.06. The van der Waals surface area contributed by atoms with Gasteiger partial charge in [0.05, 0.1) is 17.0 Å². The Morgan fingerprint density at radius 2 is 1.91 bits per heavy atom. The molecule has 0 saturated carbocycles. The number of fused-ring (bicyclic) bond motifs is 1. The zero-order valence-corrected chi connectivity index (χ0v) is 15.0. The number of nitrogens with zero attached hydrogens (tertiary/aromatic N) is 1. The molecule has 1 heterocycles. The molecule has 0 unspecified atom stereocenters. The number of alkyl halides is 1. The molecule has 0 amide bonds. The van der Waals surface area contributed by atoms with Gasteiger partial charge in [0.25, 0.3) is 0 Å². The molecule has 0 aliphatic carbocycles. The molecule has 2 aromatic carbocycles. The van der Waals surface area contributed by atoms with Crippen LogP contribution in [-0.4, -0.2) is 16.3 Å². The van der Waals surface area contributed by atoms with Gasteiger partial charge < -0.3 is 4.74 Å². The summed E-state index contributed by atoms with van der Waals surface area (Å²) < 4.78 is 11.6. The third kappa shape index (κ3) is 3.45. The summed E-state index contributed by atoms with van der Waals surface area (Å²) in [5.41, 5.74) is 2.06. The van der Waals surface area contributed by atoms with Gasteiger partial charge in [-0.3, -0.25) is 0 Å². The molecule has 0 spiro atoms. The molecular formula is C17H15BrClNOS. The van der Waals surface area contributed by atoms with E-state index in [1.54, 1.807) is 0 Å². The Hall–Kier alpha value is -1.10. The van der Waals surface area contributed by atoms with Crippen molar-refractivity contribution in [3.05, 3.63) is 47.5 Å². The minimum Gasteiger partial charge on any atom is -0.492 e. The quantitative estimate of drug-likeness (QED) is 0.367. The average molecular weight is 397 g/mol. The van der Waals surface area contributed by atoms with E-state index in [-0.39, 0.29) is 0 Å². The van der Waals surface area contributed by atoms with Crippen LogP contribution in [0.1, 0.15) is 12.8 Å². The number of unbranched alkanes of at least 4 members (excludes halogenated alkanes) is 1. The molecule has 2 nitrogen and oxygen atoms in total. The van der Waals surface area contributed by atoms with Crippen LogP contribution >= 0.6 is 39.1 Å². The number of halogens is 2. The Morgan fingerprint density at radius 1 is 1.09 bits per heavy atom. The molecule has 0 radical (unpaired) electrons. The van der Waals surface area contributed by atoms with Crippen LogP contribution < -0.4 is 4.74 Å². The highest BCUT2D eigenvalue weighted by atomic mass is 79.9. The summed E-state index contributed by atoms with van der Waals surface area (Å²) in [6.45, 7) is 0.735. The summed E-state index contributed by atoms with van der Waals surface area (Å²) in [5.74, 6) is 0.921. The first-order valence-corrected chi connectivity index (χ1v) is 9.40. The van der Waals surface area contributed by atoms with Gasteiger partial charge in [0.2, 0.25) is 0 Å². The first-order chi connectivity index (χ1) is 10.8. The molecule has 1 aromatic heterocycles. The molecule has 0 bridgehead atoms. The SMILES string of the molecule is Clc1ccc(-c2nsc3c(OCCCCBr)cccc23)cc1. The number of benzene rings is 2. The van der Waals surface area contributed by atoms with Gasteiger partial charge in [-0.2, -0.15) is 4.37 Å². The lowest BCUT2D eigenvalue weighted by atomic mass is 10.1. The lowest BCUT2D eigenvalue weighted by Crippen LogP contribution is -1.97. The second kappa shape index (κ2) is 7.44. The van der Waals surface area contributed by atoms with Gasteiger partial charge in [-0.25, -0.2) is 0 Å². The highest BCUT2D eigenvalue weighted by Gasteiger charge is 2.12. The van der Waals surface area contributed by atoms with E-state index < -0.39 is 0 Å². The van der Waals surface area contributed by atoms with Gasteiger partial charge in [-0.1, -0.05) is 51.8 Å². The monoisotopic (exact) mass is 395 g/mol. The molecule has 3 rings (SSSR count). The Kier molecular flexibility index (Phi) is 5.34. The van der Waals surface area contributed by atoms with Gasteiger partial charge in [0.1, 0.15) is 5.75 Å². The van der Waals surface area contributed by atoms with Gasteiger partial charge in [0.15, 0.2) is 0 Å². The molecule has 0 aliphatic heterocycles. The number of hydrogen-bond acceptors (Lipinski definition) is 3. The Labute approximate surface area is 147 Å². The standard InChI is InChI=1S/C17H15BrClNOS/c18-10-1-2-11-21-15-5-3-4-14-16(20-22-17(14)15)12-6-8-13(19)9-7-12/h3-9H,1-2,10-11H2. The summed E-state index contributed by atoms with van der Waals surface area (Å²) in [6, 6.07) is 13.9. The smallest absolute Gasteiger partial charge is 0.138 e. The number of rotatable bonds is 6. The largest absolute Gasteiger partial charge is 0.492 e. The number of ether oxygens (including phenoxy) is 1. The van der Waals surface area contributed by atoms with Crippen molar-refractivity contribution in [2.24, 2.45) is 0 Å². The normalized spacial score (nSPS) is 11.0. The fourth-order valence-electron chi connectivity index (χ4n) is 2.25. The van der Waals surface area contributed by atoms with E-state index in [1.165, 1.54) is 11.5 Å². The molecule has 3 aromatic rings. The van der Waals surface area contributed by atoms with Crippen molar-refractivity contribution < 1.29 is 4.74 Å². The predicted molar refractivity (Wildman–Crippen MR) is 98.6 cm³/mol. The van der Waals surface area contributed by atoms with E-state index in [2.05, 4.69) is 26.4 Å². The fourth-order valence-corrected chi connectivity index (χ4v) is 3.63. The third-order valence-corrected chi connectivity index (χ3v) is 5.06. The van der Waals surface area contributed by atoms with Crippen molar-refractivity contribution in [2.75, 3.05) is 11.9 Å². The molecule has 0 atom stereocenters. The summed E-state index contributed by atoms with van der Waals surface area (Å²) in [6.07, 6.45) is 2.17. The highest BCUT2D eigenvalue weighted by molar-refractivity contribution is 9.09. The van der Waals surface area contributed by atoms with Crippen LogP contribution in [0.2, 0.25) is 5.02 Å². The van der Waals surface area contributed by atoms with Crippen molar-refractivity contribution >= 4 is 49.1 Å². The van der Waals surface area contributed by atoms with Crippen molar-refractivity contribution in [3.63, 3.8) is 0 Å². The van der Waals surface area contributed by atoms with Crippen molar-refractivity contribution in [2.45, 2.75) is 12.8 Å². The topological polar surface area (TPSA) is 22.1 Å². The number of hydrogen-bond donors (Lipinski definition) is 0. The Morgan fingerprint density at radius 3 is 2.68 bits per heavy atom. The van der Waals surface area contributed by atoms with Crippen LogP contribution in [0, 0.1) is 0 Å². The van der Waals surface area contributed by atoms with Crippen LogP contribution in [0.5, 0.6) is 5.75 Å². The molecular weight excluding hydrogens is 382 g/mol. The zero-order chi connectivity index (χ0) is 15.4. The molecule has 0 saturated heterocycles. The Balaban J connectivity index is 1.90. The van der Waals surface area contributed by atoms with Crippen LogP contribution in [0.4, 0.5) is 0 Å². The van der Waals surface area contributed by atoms with Crippen LogP contribution in [0.25, 0.3) is 21.3 Å². The highest BCUT2D eigenvalue weighted by Crippen LogP contribution is 2.36. The average Bonchev–Trinajstić information content (AvgIpc) is 2.97. The predicted octanol–water partition coefficient (Wildman–Crippen LogP) is 6.17. The van der Waals surface area contributed by atoms with Gasteiger partial charge in [-0.15, -0.1) is 0 Å². The van der Waals surface area contributed by atoms with Crippen LogP contribution in [0.15, 0.2) is 42.5 Å². The molecule has 0 fully saturated rings. The zero-order valence-electron chi connectivity index (χ0n) is 11.9. The maximum Gasteiger partial charge on any atom is 0.138 e. The van der Waals surface area contributed by atoms with E-state index in [1.807, 2.05) is 36.4 Å². The second-order valence-corrected chi connectivity index (χ2v) is 6.92. The van der Waals surface area contributed by atoms with E-state index in [0.29, 0.717) is 0 Å². The van der Waals surface area contributed by atoms with Crippen LogP contribution in [-0.2, 0) is 0 Å². The summed E-state index contributed by atoms with van der Waals surface area (Å²) in [7, 11) is 0. The minimum atomic E-state index is 0.735. The molecule has 0 aliphatic rings. The maximum absolute atomic E-state index is 5.96. The van der Waals surface area contributed by atoms with E-state index in [9.17, 15) is 0 Å². The summed E-state index contributed by atoms with van der Waals surface area (Å²) in [4.78, 5) is 0. The van der Waals surface area contributed by atoms with E-state index in [0.717, 1.165) is 56.9 Å². The first kappa shape index (κ1) is 15.8. The van der Waals surface area contributed by atoms with E-state index >= 15 is 0 Å². The lowest BCUT2D eigenvalue weighted by molar-refractivity contribution is 0.314. The summed E-state index contributed by atoms with van der Waals surface area (Å²) >= 11 is 10.9. The Bertz CT molecular complexity index is 757. The van der Waals surface area contributed by atoms with Gasteiger partial charge in [-0.05, 0) is 42.6 Å². The van der Waals surface area contributed by atoms with Crippen LogP contribution in [0.3, 0.4) is 0 Å². The molecule has 114 valence electrons. The molecule has 0 N–H and O–H groups in total. The van der Waals surface area contributed by atoms with Crippen molar-refractivity contribution in [1.82, 2.24) is 4.37 Å². The maximum atomic E-state index is 5.96. The fraction of sp³-hybridized carbons (Fsp3) is 0.235. The minimum absolute atomic E-state index is 0.735. The number of aromatic nitrogens is 1. The first-order valence-electron chi connectivity index (χ1n) is 7.12. The van der Waals surface area contributed by atoms with E-state index in [4.69, 9.17) is 16.3 Å². The van der Waals surface area contributed by atoms with Crippen molar-refractivity contribution in [1.29, 1.82) is 0 Å². The summed E-state index contributed by atoms with van der Waals surface area (Å²) in [5, 5.41) is 2.88. The molecule has 22 heavy (non-hydrogen) atoms. The molecule has 5 heteroatoms. The van der Waals surface area contributed by atoms with Gasteiger partial charge >= 0.3 is 0 Å². The second-order valence-electron chi connectivity index (χ2n) is 4.92. The third-order valence-electron chi connectivity index (χ3n) is 3.37. The van der Waals surface area contributed by atoms with Crippen molar-refractivity contribution in [3.8, 4) is 17.0 Å². The van der Waals surface area contributed by atoms with Gasteiger partial charge in [0, 0.05) is 21.3 Å².